The molecular formula is C18H17FN4S. The Hall–Kier alpha value is -2.18. The number of rotatable bonds is 4. The summed E-state index contributed by atoms with van der Waals surface area (Å²) in [7, 11) is 0. The lowest BCUT2D eigenvalue weighted by atomic mass is 10.0. The molecule has 4 nitrogen and oxygen atoms in total. The van der Waals surface area contributed by atoms with Crippen LogP contribution >= 0.6 is 11.3 Å². The summed E-state index contributed by atoms with van der Waals surface area (Å²) in [5, 5.41) is 2.93. The van der Waals surface area contributed by atoms with Gasteiger partial charge in [0.25, 0.3) is 0 Å². The number of hydrogen-bond donors (Lipinski definition) is 0. The Kier molecular flexibility index (Phi) is 4.32. The summed E-state index contributed by atoms with van der Waals surface area (Å²) in [4.78, 5) is 15.6. The molecule has 4 rings (SSSR count). The van der Waals surface area contributed by atoms with Gasteiger partial charge >= 0.3 is 0 Å². The molecule has 0 N–H and O–H groups in total. The van der Waals surface area contributed by atoms with E-state index in [1.807, 2.05) is 12.1 Å². The van der Waals surface area contributed by atoms with E-state index < -0.39 is 0 Å². The van der Waals surface area contributed by atoms with Gasteiger partial charge in [-0.15, -0.1) is 11.3 Å². The molecule has 1 aliphatic rings. The zero-order chi connectivity index (χ0) is 16.4. The fraction of sp³-hybridized carbons (Fsp3) is 0.278. The van der Waals surface area contributed by atoms with E-state index in [0.717, 1.165) is 36.6 Å². The molecular weight excluding hydrogens is 323 g/mol. The molecule has 1 aromatic carbocycles. The van der Waals surface area contributed by atoms with E-state index in [-0.39, 0.29) is 5.82 Å². The maximum Gasteiger partial charge on any atom is 0.188 e. The van der Waals surface area contributed by atoms with E-state index in [4.69, 9.17) is 0 Å². The van der Waals surface area contributed by atoms with Crippen molar-refractivity contribution in [3.8, 4) is 10.8 Å². The van der Waals surface area contributed by atoms with E-state index in [2.05, 4.69) is 25.2 Å². The first-order chi connectivity index (χ1) is 11.8. The van der Waals surface area contributed by atoms with Crippen LogP contribution in [0.25, 0.3) is 10.8 Å². The summed E-state index contributed by atoms with van der Waals surface area (Å²) in [5.41, 5.74) is 2.22. The molecule has 24 heavy (non-hydrogen) atoms. The lowest BCUT2D eigenvalue weighted by Crippen LogP contribution is -2.22. The van der Waals surface area contributed by atoms with Gasteiger partial charge in [-0.3, -0.25) is 4.90 Å². The summed E-state index contributed by atoms with van der Waals surface area (Å²) in [5.74, 6) is 0.487. The summed E-state index contributed by atoms with van der Waals surface area (Å²) in [6, 6.07) is 9.00. The molecule has 0 aliphatic carbocycles. The van der Waals surface area contributed by atoms with Gasteiger partial charge in [0.2, 0.25) is 0 Å². The highest BCUT2D eigenvalue weighted by atomic mass is 32.1. The SMILES string of the molecule is Fc1ccc(C2CCCN2Cc2csc(-c3ncccn3)n2)cc1. The van der Waals surface area contributed by atoms with Gasteiger partial charge < -0.3 is 0 Å². The third kappa shape index (κ3) is 3.20. The topological polar surface area (TPSA) is 41.9 Å². The van der Waals surface area contributed by atoms with E-state index in [1.54, 1.807) is 41.9 Å². The second kappa shape index (κ2) is 6.75. The number of likely N-dealkylation sites (tertiary alicyclic amines) is 1. The van der Waals surface area contributed by atoms with Crippen molar-refractivity contribution >= 4 is 11.3 Å². The smallest absolute Gasteiger partial charge is 0.188 e. The quantitative estimate of drug-likeness (QED) is 0.718. The molecule has 1 fully saturated rings. The van der Waals surface area contributed by atoms with Gasteiger partial charge in [-0.2, -0.15) is 0 Å². The molecule has 3 heterocycles. The monoisotopic (exact) mass is 340 g/mol. The van der Waals surface area contributed by atoms with Gasteiger partial charge in [-0.05, 0) is 43.1 Å². The predicted molar refractivity (Wildman–Crippen MR) is 91.9 cm³/mol. The number of hydrogen-bond acceptors (Lipinski definition) is 5. The number of halogens is 1. The molecule has 1 atom stereocenters. The van der Waals surface area contributed by atoms with Crippen molar-refractivity contribution in [3.63, 3.8) is 0 Å². The summed E-state index contributed by atoms with van der Waals surface area (Å²) in [6.45, 7) is 1.84. The first kappa shape index (κ1) is 15.4. The first-order valence-electron chi connectivity index (χ1n) is 8.01. The van der Waals surface area contributed by atoms with Crippen molar-refractivity contribution in [3.05, 3.63) is 65.2 Å². The molecule has 0 spiro atoms. The van der Waals surface area contributed by atoms with Gasteiger partial charge in [-0.25, -0.2) is 19.3 Å². The third-order valence-electron chi connectivity index (χ3n) is 4.29. The molecule has 0 saturated carbocycles. The molecule has 2 aromatic heterocycles. The largest absolute Gasteiger partial charge is 0.290 e. The van der Waals surface area contributed by atoms with Crippen molar-refractivity contribution in [2.45, 2.75) is 25.4 Å². The summed E-state index contributed by atoms with van der Waals surface area (Å²) < 4.78 is 13.1. The number of aromatic nitrogens is 3. The van der Waals surface area contributed by atoms with E-state index in [0.29, 0.717) is 11.9 Å². The fourth-order valence-electron chi connectivity index (χ4n) is 3.18. The van der Waals surface area contributed by atoms with Crippen LogP contribution in [0.1, 0.15) is 30.1 Å². The van der Waals surface area contributed by atoms with Crippen molar-refractivity contribution < 1.29 is 4.39 Å². The molecule has 1 aliphatic heterocycles. The highest BCUT2D eigenvalue weighted by Crippen LogP contribution is 2.33. The Balaban J connectivity index is 1.50. The average Bonchev–Trinajstić information content (AvgIpc) is 3.27. The maximum atomic E-state index is 13.1. The van der Waals surface area contributed by atoms with Crippen LogP contribution < -0.4 is 0 Å². The minimum atomic E-state index is -0.185. The van der Waals surface area contributed by atoms with Crippen LogP contribution in [0, 0.1) is 5.82 Å². The van der Waals surface area contributed by atoms with Crippen molar-refractivity contribution in [1.29, 1.82) is 0 Å². The lowest BCUT2D eigenvalue weighted by molar-refractivity contribution is 0.246. The van der Waals surface area contributed by atoms with Crippen LogP contribution in [-0.4, -0.2) is 26.4 Å². The van der Waals surface area contributed by atoms with Gasteiger partial charge in [0, 0.05) is 30.4 Å². The Bertz CT molecular complexity index is 803. The van der Waals surface area contributed by atoms with Crippen LogP contribution in [0.5, 0.6) is 0 Å². The minimum absolute atomic E-state index is 0.185. The van der Waals surface area contributed by atoms with Crippen LogP contribution in [0.3, 0.4) is 0 Å². The third-order valence-corrected chi connectivity index (χ3v) is 5.18. The van der Waals surface area contributed by atoms with Gasteiger partial charge in [0.05, 0.1) is 5.69 Å². The highest BCUT2D eigenvalue weighted by molar-refractivity contribution is 7.13. The summed E-state index contributed by atoms with van der Waals surface area (Å²) >= 11 is 1.57. The van der Waals surface area contributed by atoms with E-state index in [1.165, 1.54) is 5.56 Å². The fourth-order valence-corrected chi connectivity index (χ4v) is 3.93. The highest BCUT2D eigenvalue weighted by Gasteiger charge is 2.26. The number of thiazole rings is 1. The summed E-state index contributed by atoms with van der Waals surface area (Å²) in [6.07, 6.45) is 5.72. The van der Waals surface area contributed by atoms with Gasteiger partial charge in [0.1, 0.15) is 5.82 Å². The molecule has 6 heteroatoms. The molecule has 1 unspecified atom stereocenters. The van der Waals surface area contributed by atoms with Crippen LogP contribution in [0.2, 0.25) is 0 Å². The zero-order valence-electron chi connectivity index (χ0n) is 13.1. The molecule has 1 saturated heterocycles. The predicted octanol–water partition coefficient (Wildman–Crippen LogP) is 4.08. The molecule has 0 bridgehead atoms. The molecule has 0 amide bonds. The number of nitrogens with zero attached hydrogens (tertiary/aromatic N) is 4. The van der Waals surface area contributed by atoms with Gasteiger partial charge in [-0.1, -0.05) is 12.1 Å². The Morgan fingerprint density at radius 2 is 1.96 bits per heavy atom. The Morgan fingerprint density at radius 1 is 1.17 bits per heavy atom. The van der Waals surface area contributed by atoms with Crippen molar-refractivity contribution in [2.24, 2.45) is 0 Å². The maximum absolute atomic E-state index is 13.1. The van der Waals surface area contributed by atoms with Crippen LogP contribution in [0.15, 0.2) is 48.1 Å². The van der Waals surface area contributed by atoms with Crippen LogP contribution in [-0.2, 0) is 6.54 Å². The van der Waals surface area contributed by atoms with E-state index in [9.17, 15) is 4.39 Å². The second-order valence-electron chi connectivity index (χ2n) is 5.90. The zero-order valence-corrected chi connectivity index (χ0v) is 13.9. The van der Waals surface area contributed by atoms with Crippen molar-refractivity contribution in [2.75, 3.05) is 6.54 Å². The standard InChI is InChI=1S/C18H17FN4S/c19-14-6-4-13(5-7-14)16-3-1-10-23(16)11-15-12-24-18(22-15)17-20-8-2-9-21-17/h2,4-9,12,16H,1,3,10-11H2. The van der Waals surface area contributed by atoms with Gasteiger partial charge in [0.15, 0.2) is 10.8 Å². The Labute approximate surface area is 144 Å². The Morgan fingerprint density at radius 3 is 2.75 bits per heavy atom. The normalized spacial score (nSPS) is 18.1. The molecule has 3 aromatic rings. The minimum Gasteiger partial charge on any atom is -0.290 e. The molecule has 0 radical (unpaired) electrons. The van der Waals surface area contributed by atoms with Crippen molar-refractivity contribution in [1.82, 2.24) is 19.9 Å². The second-order valence-corrected chi connectivity index (χ2v) is 6.75. The first-order valence-corrected chi connectivity index (χ1v) is 8.89. The van der Waals surface area contributed by atoms with E-state index >= 15 is 0 Å². The average molecular weight is 340 g/mol. The lowest BCUT2D eigenvalue weighted by Gasteiger charge is -2.24. The van der Waals surface area contributed by atoms with Crippen LogP contribution in [0.4, 0.5) is 4.39 Å². The molecule has 122 valence electrons. The number of benzene rings is 1.